The summed E-state index contributed by atoms with van der Waals surface area (Å²) in [5.41, 5.74) is 7.68. The lowest BCUT2D eigenvalue weighted by Gasteiger charge is -2.26. The highest BCUT2D eigenvalue weighted by molar-refractivity contribution is 14.0. The molecule has 1 aliphatic heterocycles. The lowest BCUT2D eigenvalue weighted by atomic mass is 10.0. The fourth-order valence-corrected chi connectivity index (χ4v) is 3.03. The van der Waals surface area contributed by atoms with Crippen molar-refractivity contribution >= 4 is 51.8 Å². The lowest BCUT2D eigenvalue weighted by molar-refractivity contribution is 0.0955. The van der Waals surface area contributed by atoms with Crippen LogP contribution in [0.1, 0.15) is 28.4 Å². The summed E-state index contributed by atoms with van der Waals surface area (Å²) in [7, 11) is 0. The molecule has 2 aromatic carbocycles. The lowest BCUT2D eigenvalue weighted by Crippen LogP contribution is -2.38. The average molecular weight is 545 g/mol. The number of nitrogens with one attached hydrogen (secondary N) is 2. The molecule has 144 valence electrons. The van der Waals surface area contributed by atoms with Crippen molar-refractivity contribution in [1.82, 2.24) is 10.6 Å². The van der Waals surface area contributed by atoms with Crippen molar-refractivity contribution in [3.63, 3.8) is 0 Å². The number of ether oxygens (including phenoxy) is 1. The SMILES string of the molecule is I.NC(=NCCNC(=O)c1ccc(Br)cc1)NC1CCOc2ccccc21. The quantitative estimate of drug-likeness (QED) is 0.233. The van der Waals surface area contributed by atoms with Crippen LogP contribution in [0.25, 0.3) is 0 Å². The highest BCUT2D eigenvalue weighted by Gasteiger charge is 2.21. The van der Waals surface area contributed by atoms with Crippen molar-refractivity contribution in [1.29, 1.82) is 0 Å². The maximum Gasteiger partial charge on any atom is 0.251 e. The minimum atomic E-state index is -0.127. The van der Waals surface area contributed by atoms with Crippen molar-refractivity contribution in [3.05, 3.63) is 64.1 Å². The minimum absolute atomic E-state index is 0. The van der Waals surface area contributed by atoms with E-state index >= 15 is 0 Å². The number of benzene rings is 2. The second-order valence-electron chi connectivity index (χ2n) is 5.90. The van der Waals surface area contributed by atoms with Gasteiger partial charge in [-0.25, -0.2) is 0 Å². The van der Waals surface area contributed by atoms with Crippen LogP contribution in [0.5, 0.6) is 5.75 Å². The molecule has 0 bridgehead atoms. The van der Waals surface area contributed by atoms with Gasteiger partial charge in [0.1, 0.15) is 5.75 Å². The molecule has 0 spiro atoms. The first kappa shape index (κ1) is 21.5. The van der Waals surface area contributed by atoms with Crippen LogP contribution in [0.2, 0.25) is 0 Å². The molecule has 4 N–H and O–H groups in total. The molecule has 8 heteroatoms. The van der Waals surface area contributed by atoms with Crippen molar-refractivity contribution in [2.75, 3.05) is 19.7 Å². The summed E-state index contributed by atoms with van der Waals surface area (Å²) in [5, 5.41) is 6.06. The zero-order chi connectivity index (χ0) is 18.4. The Kier molecular flexibility index (Phi) is 8.36. The Labute approximate surface area is 184 Å². The van der Waals surface area contributed by atoms with Crippen molar-refractivity contribution in [2.45, 2.75) is 12.5 Å². The van der Waals surface area contributed by atoms with Gasteiger partial charge in [-0.2, -0.15) is 0 Å². The third kappa shape index (κ3) is 6.10. The molecule has 27 heavy (non-hydrogen) atoms. The molecule has 3 rings (SSSR count). The van der Waals surface area contributed by atoms with E-state index < -0.39 is 0 Å². The molecule has 1 heterocycles. The highest BCUT2D eigenvalue weighted by atomic mass is 127. The number of nitrogens with two attached hydrogens (primary N) is 1. The number of para-hydroxylation sites is 1. The van der Waals surface area contributed by atoms with E-state index in [9.17, 15) is 4.79 Å². The zero-order valence-corrected chi connectivity index (χ0v) is 18.6. The number of carbonyl (C=O) groups excluding carboxylic acids is 1. The van der Waals surface area contributed by atoms with Gasteiger partial charge in [-0.1, -0.05) is 34.1 Å². The number of fused-ring (bicyclic) bond motifs is 1. The number of hydrogen-bond donors (Lipinski definition) is 3. The summed E-state index contributed by atoms with van der Waals surface area (Å²) in [6.07, 6.45) is 0.827. The molecule has 1 aliphatic rings. The summed E-state index contributed by atoms with van der Waals surface area (Å²) in [5.74, 6) is 1.12. The van der Waals surface area contributed by atoms with Gasteiger partial charge in [0.25, 0.3) is 5.91 Å². The van der Waals surface area contributed by atoms with E-state index in [1.54, 1.807) is 12.1 Å². The Morgan fingerprint density at radius 2 is 1.96 bits per heavy atom. The van der Waals surface area contributed by atoms with Crippen LogP contribution in [0.15, 0.2) is 58.0 Å². The number of guanidine groups is 1. The molecule has 0 saturated heterocycles. The third-order valence-corrected chi connectivity index (χ3v) is 4.60. The predicted molar refractivity (Wildman–Crippen MR) is 121 cm³/mol. The molecule has 1 unspecified atom stereocenters. The van der Waals surface area contributed by atoms with Crippen LogP contribution in [0.3, 0.4) is 0 Å². The number of hydrogen-bond acceptors (Lipinski definition) is 3. The summed E-state index contributed by atoms with van der Waals surface area (Å²) >= 11 is 3.35. The third-order valence-electron chi connectivity index (χ3n) is 4.07. The van der Waals surface area contributed by atoms with E-state index in [0.717, 1.165) is 22.2 Å². The molecule has 1 atom stereocenters. The smallest absolute Gasteiger partial charge is 0.251 e. The average Bonchev–Trinajstić information content (AvgIpc) is 2.66. The fourth-order valence-electron chi connectivity index (χ4n) is 2.77. The van der Waals surface area contributed by atoms with Gasteiger partial charge in [-0.3, -0.25) is 9.79 Å². The number of nitrogens with zero attached hydrogens (tertiary/aromatic N) is 1. The fraction of sp³-hybridized carbons (Fsp3) is 0.263. The van der Waals surface area contributed by atoms with Gasteiger partial charge < -0.3 is 21.1 Å². The maximum atomic E-state index is 12.0. The molecule has 0 fully saturated rings. The molecule has 0 aliphatic carbocycles. The van der Waals surface area contributed by atoms with E-state index in [-0.39, 0.29) is 35.9 Å². The van der Waals surface area contributed by atoms with Crippen LogP contribution in [0.4, 0.5) is 0 Å². The Balaban J connectivity index is 0.00000261. The van der Waals surface area contributed by atoms with Gasteiger partial charge in [-0.15, -0.1) is 24.0 Å². The summed E-state index contributed by atoms with van der Waals surface area (Å²) in [6, 6.07) is 15.2. The van der Waals surface area contributed by atoms with Gasteiger partial charge in [0.15, 0.2) is 5.96 Å². The van der Waals surface area contributed by atoms with Gasteiger partial charge in [-0.05, 0) is 30.3 Å². The molecule has 2 aromatic rings. The van der Waals surface area contributed by atoms with Crippen molar-refractivity contribution in [2.24, 2.45) is 10.7 Å². The number of carbonyl (C=O) groups is 1. The first-order chi connectivity index (χ1) is 12.6. The van der Waals surface area contributed by atoms with E-state index in [4.69, 9.17) is 10.5 Å². The second kappa shape index (κ2) is 10.5. The Morgan fingerprint density at radius 1 is 1.22 bits per heavy atom. The van der Waals surface area contributed by atoms with Crippen molar-refractivity contribution < 1.29 is 9.53 Å². The molecule has 0 aromatic heterocycles. The maximum absolute atomic E-state index is 12.0. The van der Waals surface area contributed by atoms with Crippen LogP contribution in [0, 0.1) is 0 Å². The number of rotatable bonds is 5. The molecule has 6 nitrogen and oxygen atoms in total. The van der Waals surface area contributed by atoms with Gasteiger partial charge >= 0.3 is 0 Å². The topological polar surface area (TPSA) is 88.7 Å². The van der Waals surface area contributed by atoms with E-state index in [1.165, 1.54) is 0 Å². The minimum Gasteiger partial charge on any atom is -0.493 e. The summed E-state index contributed by atoms with van der Waals surface area (Å²) in [6.45, 7) is 1.47. The Hall–Kier alpha value is -1.81. The van der Waals surface area contributed by atoms with Crippen LogP contribution < -0.4 is 21.1 Å². The van der Waals surface area contributed by atoms with E-state index in [2.05, 4.69) is 31.6 Å². The van der Waals surface area contributed by atoms with E-state index in [1.807, 2.05) is 36.4 Å². The standard InChI is InChI=1S/C19H21BrN4O2.HI/c20-14-7-5-13(6-8-14)18(25)22-10-11-23-19(21)24-16-9-12-26-17-4-2-1-3-15(16)17;/h1-8,16H,9-12H2,(H,22,25)(H3,21,23,24);1H. The first-order valence-electron chi connectivity index (χ1n) is 8.45. The number of amides is 1. The monoisotopic (exact) mass is 544 g/mol. The van der Waals surface area contributed by atoms with Crippen molar-refractivity contribution in [3.8, 4) is 5.75 Å². The Bertz CT molecular complexity index is 799. The second-order valence-corrected chi connectivity index (χ2v) is 6.82. The molecule has 0 radical (unpaired) electrons. The number of halogens is 2. The van der Waals surface area contributed by atoms with Crippen LogP contribution >= 0.6 is 39.9 Å². The summed E-state index contributed by atoms with van der Waals surface area (Å²) < 4.78 is 6.58. The molecule has 0 saturated carbocycles. The number of aliphatic imine (C=N–C) groups is 1. The van der Waals surface area contributed by atoms with Gasteiger partial charge in [0.2, 0.25) is 0 Å². The first-order valence-corrected chi connectivity index (χ1v) is 9.25. The normalized spacial score (nSPS) is 15.7. The summed E-state index contributed by atoms with van der Waals surface area (Å²) in [4.78, 5) is 16.3. The largest absolute Gasteiger partial charge is 0.493 e. The zero-order valence-electron chi connectivity index (χ0n) is 14.7. The predicted octanol–water partition coefficient (Wildman–Crippen LogP) is 3.23. The highest BCUT2D eigenvalue weighted by Crippen LogP contribution is 2.31. The van der Waals surface area contributed by atoms with E-state index in [0.29, 0.717) is 31.2 Å². The van der Waals surface area contributed by atoms with Crippen LogP contribution in [-0.4, -0.2) is 31.6 Å². The van der Waals surface area contributed by atoms with Gasteiger partial charge in [0.05, 0.1) is 19.2 Å². The Morgan fingerprint density at radius 3 is 2.74 bits per heavy atom. The molecular formula is C19H22BrIN4O2. The van der Waals surface area contributed by atoms with Gasteiger partial charge in [0, 0.05) is 28.6 Å². The molecule has 1 amide bonds. The van der Waals surface area contributed by atoms with Crippen LogP contribution in [-0.2, 0) is 0 Å². The molecular weight excluding hydrogens is 523 g/mol.